The standard InChI is InChI=1S/C29H35ClN4O2.CH4/c1-19-4-3-5-20(2)34(19)18-28(36)33-26(17-22-6-10-24(30)11-7-22)27(35)13-9-21-8-12-25-23(16-21)14-15-32-29(25)31;/h6-8,10-12,14-16,19-20,26H,3-5,9,13,17-18H2,1-2H3,(H2,31,32)(H,33,36);1H4/t19-,20+,26-;/m0./s1. The monoisotopic (exact) mass is 522 g/mol. The number of likely N-dealkylation sites (tertiary alicyclic amines) is 1. The van der Waals surface area contributed by atoms with Crippen LogP contribution < -0.4 is 11.1 Å². The fourth-order valence-electron chi connectivity index (χ4n) is 5.14. The van der Waals surface area contributed by atoms with Crippen molar-refractivity contribution in [3.8, 4) is 0 Å². The number of nitrogens with two attached hydrogens (primary N) is 1. The Balaban J connectivity index is 0.00000380. The molecule has 2 heterocycles. The largest absolute Gasteiger partial charge is 0.383 e. The van der Waals surface area contributed by atoms with E-state index in [1.807, 2.05) is 48.5 Å². The molecule has 0 radical (unpaired) electrons. The second-order valence-corrected chi connectivity index (χ2v) is 10.4. The number of pyridine rings is 1. The van der Waals surface area contributed by atoms with Crippen LogP contribution in [0.3, 0.4) is 0 Å². The van der Waals surface area contributed by atoms with E-state index >= 15 is 0 Å². The van der Waals surface area contributed by atoms with E-state index in [1.165, 1.54) is 6.42 Å². The summed E-state index contributed by atoms with van der Waals surface area (Å²) in [6.07, 6.45) is 6.43. The van der Waals surface area contributed by atoms with E-state index in [0.29, 0.717) is 48.7 Å². The number of nitrogen functional groups attached to an aromatic ring is 1. The molecule has 1 aliphatic heterocycles. The Labute approximate surface area is 225 Å². The van der Waals surface area contributed by atoms with Gasteiger partial charge in [0.05, 0.1) is 12.6 Å². The lowest BCUT2D eigenvalue weighted by Crippen LogP contribution is -2.51. The molecule has 0 unspecified atom stereocenters. The number of benzene rings is 2. The molecule has 3 N–H and O–H groups in total. The highest BCUT2D eigenvalue weighted by molar-refractivity contribution is 6.30. The molecule has 2 aromatic carbocycles. The van der Waals surface area contributed by atoms with E-state index in [1.54, 1.807) is 6.20 Å². The maximum atomic E-state index is 13.4. The summed E-state index contributed by atoms with van der Waals surface area (Å²) in [6, 6.07) is 15.5. The second-order valence-electron chi connectivity index (χ2n) is 9.97. The van der Waals surface area contributed by atoms with Crippen molar-refractivity contribution in [2.45, 2.75) is 77.9 Å². The van der Waals surface area contributed by atoms with Crippen molar-refractivity contribution < 1.29 is 9.59 Å². The van der Waals surface area contributed by atoms with Crippen molar-refractivity contribution >= 4 is 39.9 Å². The summed E-state index contributed by atoms with van der Waals surface area (Å²) < 4.78 is 0. The Morgan fingerprint density at radius 1 is 1.08 bits per heavy atom. The van der Waals surface area contributed by atoms with Crippen molar-refractivity contribution in [3.05, 3.63) is 70.9 Å². The maximum Gasteiger partial charge on any atom is 0.234 e. The number of nitrogens with zero attached hydrogens (tertiary/aromatic N) is 2. The first-order valence-electron chi connectivity index (χ1n) is 12.8. The summed E-state index contributed by atoms with van der Waals surface area (Å²) >= 11 is 6.05. The molecule has 1 fully saturated rings. The Hall–Kier alpha value is -2.96. The normalized spacial score (nSPS) is 18.7. The summed E-state index contributed by atoms with van der Waals surface area (Å²) in [4.78, 5) is 32.8. The van der Waals surface area contributed by atoms with Gasteiger partial charge in [-0.25, -0.2) is 4.98 Å². The average molecular weight is 523 g/mol. The smallest absolute Gasteiger partial charge is 0.234 e. The SMILES string of the molecule is C.C[C@@H]1CCC[C@H](C)N1CC(=O)N[C@@H](Cc1ccc(Cl)cc1)C(=O)CCc1ccc2c(N)nccc2c1. The van der Waals surface area contributed by atoms with E-state index in [0.717, 1.165) is 34.7 Å². The summed E-state index contributed by atoms with van der Waals surface area (Å²) in [5, 5.41) is 5.61. The third kappa shape index (κ3) is 7.53. The molecular weight excluding hydrogens is 484 g/mol. The highest BCUT2D eigenvalue weighted by Crippen LogP contribution is 2.23. The minimum absolute atomic E-state index is 0. The molecule has 6 nitrogen and oxygen atoms in total. The summed E-state index contributed by atoms with van der Waals surface area (Å²) in [5.74, 6) is 0.419. The van der Waals surface area contributed by atoms with Gasteiger partial charge in [-0.15, -0.1) is 0 Å². The molecule has 7 heteroatoms. The van der Waals surface area contributed by atoms with E-state index in [2.05, 4.69) is 29.0 Å². The quantitative estimate of drug-likeness (QED) is 0.382. The van der Waals surface area contributed by atoms with Crippen molar-refractivity contribution in [3.63, 3.8) is 0 Å². The van der Waals surface area contributed by atoms with Crippen LogP contribution in [-0.4, -0.2) is 46.2 Å². The van der Waals surface area contributed by atoms with Crippen LogP contribution in [-0.2, 0) is 22.4 Å². The van der Waals surface area contributed by atoms with Crippen LogP contribution in [0.2, 0.25) is 5.02 Å². The number of rotatable bonds is 9. The Kier molecular flexibility index (Phi) is 10.1. The zero-order valence-corrected chi connectivity index (χ0v) is 21.8. The van der Waals surface area contributed by atoms with Crippen LogP contribution >= 0.6 is 11.6 Å². The number of aromatic nitrogens is 1. The molecule has 4 rings (SSSR count). The van der Waals surface area contributed by atoms with Gasteiger partial charge in [0, 0.05) is 35.1 Å². The van der Waals surface area contributed by atoms with Gasteiger partial charge in [0.15, 0.2) is 5.78 Å². The van der Waals surface area contributed by atoms with E-state index in [4.69, 9.17) is 17.3 Å². The third-order valence-corrected chi connectivity index (χ3v) is 7.55. The second kappa shape index (κ2) is 13.0. The molecule has 0 spiro atoms. The molecule has 3 atom stereocenters. The number of hydrogen-bond donors (Lipinski definition) is 2. The van der Waals surface area contributed by atoms with Gasteiger partial charge in [0.25, 0.3) is 0 Å². The van der Waals surface area contributed by atoms with Crippen LogP contribution in [0.5, 0.6) is 0 Å². The number of carbonyl (C=O) groups excluding carboxylic acids is 2. The number of Topliss-reactive ketones (excluding diaryl/α,β-unsaturated/α-hetero) is 1. The number of piperidine rings is 1. The zero-order valence-electron chi connectivity index (χ0n) is 21.0. The fraction of sp³-hybridized carbons (Fsp3) is 0.433. The highest BCUT2D eigenvalue weighted by atomic mass is 35.5. The van der Waals surface area contributed by atoms with Crippen LogP contribution in [0.4, 0.5) is 5.82 Å². The Morgan fingerprint density at radius 2 is 1.76 bits per heavy atom. The summed E-state index contributed by atoms with van der Waals surface area (Å²) in [7, 11) is 0. The molecule has 37 heavy (non-hydrogen) atoms. The van der Waals surface area contributed by atoms with Gasteiger partial charge >= 0.3 is 0 Å². The number of aryl methyl sites for hydroxylation is 1. The van der Waals surface area contributed by atoms with Crippen LogP contribution in [0.1, 0.15) is 58.1 Å². The van der Waals surface area contributed by atoms with Crippen LogP contribution in [0, 0.1) is 0 Å². The van der Waals surface area contributed by atoms with Gasteiger partial charge in [0.1, 0.15) is 5.82 Å². The number of halogens is 1. The van der Waals surface area contributed by atoms with Gasteiger partial charge in [-0.1, -0.05) is 55.8 Å². The molecule has 0 bridgehead atoms. The van der Waals surface area contributed by atoms with Crippen molar-refractivity contribution in [2.75, 3.05) is 12.3 Å². The zero-order chi connectivity index (χ0) is 25.7. The first kappa shape index (κ1) is 28.6. The number of amides is 1. The summed E-state index contributed by atoms with van der Waals surface area (Å²) in [5.41, 5.74) is 7.98. The van der Waals surface area contributed by atoms with Gasteiger partial charge in [-0.05, 0) is 74.2 Å². The van der Waals surface area contributed by atoms with Crippen molar-refractivity contribution in [1.82, 2.24) is 15.2 Å². The van der Waals surface area contributed by atoms with E-state index in [-0.39, 0.29) is 19.1 Å². The van der Waals surface area contributed by atoms with Crippen molar-refractivity contribution in [1.29, 1.82) is 0 Å². The number of fused-ring (bicyclic) bond motifs is 1. The van der Waals surface area contributed by atoms with Crippen LogP contribution in [0.25, 0.3) is 10.8 Å². The maximum absolute atomic E-state index is 13.4. The molecule has 1 amide bonds. The molecule has 1 saturated heterocycles. The number of carbonyl (C=O) groups is 2. The van der Waals surface area contributed by atoms with E-state index in [9.17, 15) is 9.59 Å². The average Bonchev–Trinajstić information content (AvgIpc) is 2.86. The molecule has 198 valence electrons. The fourth-order valence-corrected chi connectivity index (χ4v) is 5.27. The minimum atomic E-state index is -0.589. The Bertz CT molecular complexity index is 1200. The molecule has 0 saturated carbocycles. The van der Waals surface area contributed by atoms with Gasteiger partial charge < -0.3 is 11.1 Å². The van der Waals surface area contributed by atoms with Crippen LogP contribution in [0.15, 0.2) is 54.7 Å². The number of ketones is 1. The van der Waals surface area contributed by atoms with Gasteiger partial charge in [0.2, 0.25) is 5.91 Å². The van der Waals surface area contributed by atoms with Crippen molar-refractivity contribution in [2.24, 2.45) is 0 Å². The first-order chi connectivity index (χ1) is 17.3. The molecular formula is C30H39ClN4O2. The lowest BCUT2D eigenvalue weighted by molar-refractivity contribution is -0.129. The Morgan fingerprint density at radius 3 is 2.46 bits per heavy atom. The lowest BCUT2D eigenvalue weighted by Gasteiger charge is -2.38. The molecule has 3 aromatic rings. The topological polar surface area (TPSA) is 88.3 Å². The lowest BCUT2D eigenvalue weighted by atomic mass is 9.96. The number of hydrogen-bond acceptors (Lipinski definition) is 5. The third-order valence-electron chi connectivity index (χ3n) is 7.30. The molecule has 0 aliphatic carbocycles. The number of nitrogens with one attached hydrogen (secondary N) is 1. The predicted molar refractivity (Wildman–Crippen MR) is 153 cm³/mol. The summed E-state index contributed by atoms with van der Waals surface area (Å²) in [6.45, 7) is 4.66. The molecule has 1 aliphatic rings. The van der Waals surface area contributed by atoms with Gasteiger partial charge in [-0.3, -0.25) is 14.5 Å². The predicted octanol–water partition coefficient (Wildman–Crippen LogP) is 5.60. The minimum Gasteiger partial charge on any atom is -0.383 e. The van der Waals surface area contributed by atoms with Gasteiger partial charge in [-0.2, -0.15) is 0 Å². The van der Waals surface area contributed by atoms with E-state index < -0.39 is 6.04 Å². The highest BCUT2D eigenvalue weighted by Gasteiger charge is 2.28. The first-order valence-corrected chi connectivity index (χ1v) is 13.1. The molecule has 1 aromatic heterocycles. The number of anilines is 1.